The maximum atomic E-state index is 12.8. The molecular weight excluding hydrogens is 300 g/mol. The topological polar surface area (TPSA) is 39.7 Å². The Morgan fingerprint density at radius 3 is 2.38 bits per heavy atom. The van der Waals surface area contributed by atoms with Crippen LogP contribution in [0.3, 0.4) is 0 Å². The minimum absolute atomic E-state index is 0.0615. The third-order valence-electron chi connectivity index (χ3n) is 4.46. The van der Waals surface area contributed by atoms with Gasteiger partial charge >= 0.3 is 0 Å². The molecule has 2 aromatic rings. The van der Waals surface area contributed by atoms with Crippen LogP contribution in [0.5, 0.6) is 0 Å². The Bertz CT molecular complexity index is 664. The number of nitrogens with zero attached hydrogens (tertiary/aromatic N) is 4. The van der Waals surface area contributed by atoms with Crippen LogP contribution >= 0.6 is 0 Å². The van der Waals surface area contributed by atoms with Gasteiger partial charge in [-0.05, 0) is 38.2 Å². The molecule has 1 saturated heterocycles. The first-order valence-electron chi connectivity index (χ1n) is 8.45. The van der Waals surface area contributed by atoms with Gasteiger partial charge < -0.3 is 14.7 Å². The van der Waals surface area contributed by atoms with Gasteiger partial charge in [-0.2, -0.15) is 0 Å². The fraction of sp³-hybridized carbons (Fsp3) is 0.368. The Balaban J connectivity index is 1.73. The highest BCUT2D eigenvalue weighted by molar-refractivity contribution is 6.04. The van der Waals surface area contributed by atoms with Crippen molar-refractivity contribution in [1.29, 1.82) is 0 Å². The summed E-state index contributed by atoms with van der Waals surface area (Å²) >= 11 is 0. The lowest BCUT2D eigenvalue weighted by Gasteiger charge is -2.33. The molecule has 24 heavy (non-hydrogen) atoms. The van der Waals surface area contributed by atoms with Gasteiger partial charge in [-0.25, -0.2) is 4.98 Å². The Morgan fingerprint density at radius 2 is 1.79 bits per heavy atom. The summed E-state index contributed by atoms with van der Waals surface area (Å²) in [4.78, 5) is 23.6. The summed E-state index contributed by atoms with van der Waals surface area (Å²) in [6, 6.07) is 13.6. The SMILES string of the molecule is CCN(C(=O)c1ccc(N2CCN(C)CC2)cn1)c1ccccc1. The van der Waals surface area contributed by atoms with E-state index < -0.39 is 0 Å². The molecule has 5 nitrogen and oxygen atoms in total. The highest BCUT2D eigenvalue weighted by Crippen LogP contribution is 2.18. The summed E-state index contributed by atoms with van der Waals surface area (Å²) in [5, 5.41) is 0. The van der Waals surface area contributed by atoms with Crippen LogP contribution in [-0.4, -0.2) is 55.6 Å². The molecule has 1 fully saturated rings. The molecule has 0 atom stereocenters. The minimum Gasteiger partial charge on any atom is -0.368 e. The zero-order chi connectivity index (χ0) is 16.9. The number of aromatic nitrogens is 1. The zero-order valence-corrected chi connectivity index (χ0v) is 14.4. The van der Waals surface area contributed by atoms with E-state index in [0.717, 1.165) is 37.6 Å². The molecule has 1 aliphatic rings. The average Bonchev–Trinajstić information content (AvgIpc) is 2.64. The lowest BCUT2D eigenvalue weighted by molar-refractivity contribution is 0.0983. The van der Waals surface area contributed by atoms with E-state index in [-0.39, 0.29) is 5.91 Å². The van der Waals surface area contributed by atoms with E-state index in [1.807, 2.05) is 55.6 Å². The lowest BCUT2D eigenvalue weighted by atomic mass is 10.2. The van der Waals surface area contributed by atoms with E-state index in [9.17, 15) is 4.79 Å². The number of carbonyl (C=O) groups excluding carboxylic acids is 1. The summed E-state index contributed by atoms with van der Waals surface area (Å²) < 4.78 is 0. The van der Waals surface area contributed by atoms with Crippen molar-refractivity contribution in [3.05, 3.63) is 54.4 Å². The van der Waals surface area contributed by atoms with Crippen molar-refractivity contribution in [2.45, 2.75) is 6.92 Å². The molecule has 0 bridgehead atoms. The van der Waals surface area contributed by atoms with Gasteiger partial charge in [0.25, 0.3) is 5.91 Å². The third-order valence-corrected chi connectivity index (χ3v) is 4.46. The van der Waals surface area contributed by atoms with Crippen molar-refractivity contribution >= 4 is 17.3 Å². The number of hydrogen-bond acceptors (Lipinski definition) is 4. The number of rotatable bonds is 4. The van der Waals surface area contributed by atoms with Gasteiger partial charge in [0.05, 0.1) is 11.9 Å². The number of para-hydroxylation sites is 1. The molecule has 0 N–H and O–H groups in total. The van der Waals surface area contributed by atoms with Gasteiger partial charge in [0, 0.05) is 38.4 Å². The number of pyridine rings is 1. The summed E-state index contributed by atoms with van der Waals surface area (Å²) in [5.41, 5.74) is 2.47. The first kappa shape index (κ1) is 16.5. The summed E-state index contributed by atoms with van der Waals surface area (Å²) in [6.07, 6.45) is 1.82. The zero-order valence-electron chi connectivity index (χ0n) is 14.4. The summed E-state index contributed by atoms with van der Waals surface area (Å²) in [7, 11) is 2.14. The second-order valence-corrected chi connectivity index (χ2v) is 6.08. The van der Waals surface area contributed by atoms with Gasteiger partial charge in [-0.1, -0.05) is 18.2 Å². The van der Waals surface area contributed by atoms with Gasteiger partial charge in [0.2, 0.25) is 0 Å². The normalized spacial score (nSPS) is 15.3. The predicted molar refractivity (Wildman–Crippen MR) is 97.7 cm³/mol. The Labute approximate surface area is 143 Å². The highest BCUT2D eigenvalue weighted by Gasteiger charge is 2.19. The van der Waals surface area contributed by atoms with E-state index >= 15 is 0 Å². The predicted octanol–water partition coefficient (Wildman–Crippen LogP) is 2.50. The molecule has 1 aliphatic heterocycles. The highest BCUT2D eigenvalue weighted by atomic mass is 16.2. The molecule has 5 heteroatoms. The van der Waals surface area contributed by atoms with Crippen LogP contribution in [0.15, 0.2) is 48.7 Å². The number of benzene rings is 1. The summed E-state index contributed by atoms with van der Waals surface area (Å²) in [6.45, 7) is 6.69. The number of likely N-dealkylation sites (N-methyl/N-ethyl adjacent to an activating group) is 1. The number of carbonyl (C=O) groups is 1. The van der Waals surface area contributed by atoms with Gasteiger partial charge in [0.15, 0.2) is 0 Å². The number of amides is 1. The first-order valence-corrected chi connectivity index (χ1v) is 8.45. The molecular formula is C19H24N4O. The van der Waals surface area contributed by atoms with Crippen LogP contribution in [-0.2, 0) is 0 Å². The Morgan fingerprint density at radius 1 is 1.08 bits per heavy atom. The van der Waals surface area contributed by atoms with Crippen molar-refractivity contribution in [1.82, 2.24) is 9.88 Å². The first-order chi connectivity index (χ1) is 11.7. The van der Waals surface area contributed by atoms with E-state index in [2.05, 4.69) is 21.8 Å². The molecule has 0 spiro atoms. The van der Waals surface area contributed by atoms with Crippen LogP contribution in [0, 0.1) is 0 Å². The molecule has 0 unspecified atom stereocenters. The number of hydrogen-bond donors (Lipinski definition) is 0. The van der Waals surface area contributed by atoms with Crippen LogP contribution in [0.2, 0.25) is 0 Å². The van der Waals surface area contributed by atoms with E-state index in [1.54, 1.807) is 4.90 Å². The Kier molecular flexibility index (Phi) is 5.11. The van der Waals surface area contributed by atoms with Crippen LogP contribution in [0.1, 0.15) is 17.4 Å². The van der Waals surface area contributed by atoms with Crippen molar-refractivity contribution in [3.63, 3.8) is 0 Å². The second-order valence-electron chi connectivity index (χ2n) is 6.08. The molecule has 3 rings (SSSR count). The molecule has 0 aliphatic carbocycles. The number of anilines is 2. The fourth-order valence-corrected chi connectivity index (χ4v) is 2.95. The van der Waals surface area contributed by atoms with Crippen molar-refractivity contribution in [3.8, 4) is 0 Å². The van der Waals surface area contributed by atoms with Crippen molar-refractivity contribution < 1.29 is 4.79 Å². The van der Waals surface area contributed by atoms with Crippen molar-refractivity contribution in [2.75, 3.05) is 49.6 Å². The van der Waals surface area contributed by atoms with E-state index in [0.29, 0.717) is 12.2 Å². The van der Waals surface area contributed by atoms with Gasteiger partial charge in [0.1, 0.15) is 5.69 Å². The van der Waals surface area contributed by atoms with Crippen LogP contribution in [0.25, 0.3) is 0 Å². The van der Waals surface area contributed by atoms with E-state index in [4.69, 9.17) is 0 Å². The second kappa shape index (κ2) is 7.45. The average molecular weight is 324 g/mol. The van der Waals surface area contributed by atoms with Gasteiger partial charge in [-0.3, -0.25) is 4.79 Å². The molecule has 1 aromatic carbocycles. The fourth-order valence-electron chi connectivity index (χ4n) is 2.95. The van der Waals surface area contributed by atoms with Gasteiger partial charge in [-0.15, -0.1) is 0 Å². The molecule has 1 aromatic heterocycles. The van der Waals surface area contributed by atoms with Crippen LogP contribution in [0.4, 0.5) is 11.4 Å². The largest absolute Gasteiger partial charge is 0.368 e. The van der Waals surface area contributed by atoms with E-state index in [1.165, 1.54) is 0 Å². The smallest absolute Gasteiger partial charge is 0.276 e. The van der Waals surface area contributed by atoms with Crippen LogP contribution < -0.4 is 9.80 Å². The maximum Gasteiger partial charge on any atom is 0.276 e. The maximum absolute atomic E-state index is 12.8. The molecule has 0 radical (unpaired) electrons. The summed E-state index contributed by atoms with van der Waals surface area (Å²) in [5.74, 6) is -0.0615. The van der Waals surface area contributed by atoms with Crippen molar-refractivity contribution in [2.24, 2.45) is 0 Å². The lowest BCUT2D eigenvalue weighted by Crippen LogP contribution is -2.44. The third kappa shape index (κ3) is 3.57. The molecule has 126 valence electrons. The monoisotopic (exact) mass is 324 g/mol. The molecule has 2 heterocycles. The molecule has 1 amide bonds. The standard InChI is InChI=1S/C19H24N4O/c1-3-23(16-7-5-4-6-8-16)19(24)18-10-9-17(15-20-18)22-13-11-21(2)12-14-22/h4-10,15H,3,11-14H2,1-2H3. The Hall–Kier alpha value is -2.40. The minimum atomic E-state index is -0.0615. The molecule has 0 saturated carbocycles. The number of piperazine rings is 1. The quantitative estimate of drug-likeness (QED) is 0.866.